The molecule has 1 heterocycles. The summed E-state index contributed by atoms with van der Waals surface area (Å²) >= 11 is 0. The van der Waals surface area contributed by atoms with Gasteiger partial charge in [-0.3, -0.25) is 4.79 Å². The number of carbonyl (C=O) groups is 1. The first-order valence-electron chi connectivity index (χ1n) is 5.68. The smallest absolute Gasteiger partial charge is 0.321 e. The minimum Gasteiger partial charge on any atom is -0.465 e. The van der Waals surface area contributed by atoms with Gasteiger partial charge in [0.05, 0.1) is 6.61 Å². The molecule has 0 aliphatic heterocycles. The summed E-state index contributed by atoms with van der Waals surface area (Å²) in [6, 6.07) is 0. The quantitative estimate of drug-likeness (QED) is 0.724. The van der Waals surface area contributed by atoms with Crippen molar-refractivity contribution in [2.45, 2.75) is 38.2 Å². The van der Waals surface area contributed by atoms with Gasteiger partial charge in [-0.2, -0.15) is 4.98 Å². The largest absolute Gasteiger partial charge is 0.465 e. The molecule has 0 radical (unpaired) electrons. The minimum absolute atomic E-state index is 0.245. The predicted molar refractivity (Wildman–Crippen MR) is 57.3 cm³/mol. The third kappa shape index (κ3) is 2.04. The molecule has 1 aromatic heterocycles. The van der Waals surface area contributed by atoms with Crippen LogP contribution in [0.2, 0.25) is 0 Å². The number of nitrogens with zero attached hydrogens (tertiary/aromatic N) is 2. The van der Waals surface area contributed by atoms with Crippen LogP contribution in [-0.2, 0) is 19.7 Å². The Morgan fingerprint density at radius 3 is 2.82 bits per heavy atom. The molecule has 1 aliphatic carbocycles. The maximum absolute atomic E-state index is 11.8. The Balaban J connectivity index is 2.17. The average Bonchev–Trinajstić information content (AvgIpc) is 3.00. The van der Waals surface area contributed by atoms with Crippen molar-refractivity contribution in [3.63, 3.8) is 0 Å². The highest BCUT2D eigenvalue weighted by atomic mass is 16.5. The monoisotopic (exact) mass is 240 g/mol. The van der Waals surface area contributed by atoms with Crippen LogP contribution in [0, 0.1) is 0 Å². The van der Waals surface area contributed by atoms with E-state index in [9.17, 15) is 4.79 Å². The van der Waals surface area contributed by atoms with E-state index < -0.39 is 5.41 Å². The van der Waals surface area contributed by atoms with Gasteiger partial charge in [0.1, 0.15) is 11.5 Å². The van der Waals surface area contributed by atoms with Crippen LogP contribution >= 0.6 is 0 Å². The zero-order valence-electron chi connectivity index (χ0n) is 10.2. The fourth-order valence-corrected chi connectivity index (χ4v) is 1.60. The van der Waals surface area contributed by atoms with Gasteiger partial charge in [0.15, 0.2) is 5.82 Å². The fraction of sp³-hybridized carbons (Fsp3) is 0.727. The molecule has 1 fully saturated rings. The maximum atomic E-state index is 11.8. The van der Waals surface area contributed by atoms with Gasteiger partial charge in [-0.1, -0.05) is 5.16 Å². The predicted octanol–water partition coefficient (Wildman–Crippen LogP) is 1.37. The van der Waals surface area contributed by atoms with Crippen molar-refractivity contribution in [2.75, 3.05) is 13.7 Å². The minimum atomic E-state index is -0.700. The first kappa shape index (κ1) is 12.0. The second kappa shape index (κ2) is 4.44. The van der Waals surface area contributed by atoms with Gasteiger partial charge >= 0.3 is 5.97 Å². The van der Waals surface area contributed by atoms with E-state index in [2.05, 4.69) is 10.1 Å². The van der Waals surface area contributed by atoms with Crippen molar-refractivity contribution in [3.05, 3.63) is 11.7 Å². The van der Waals surface area contributed by atoms with Crippen molar-refractivity contribution >= 4 is 5.97 Å². The fourth-order valence-electron chi connectivity index (χ4n) is 1.60. The van der Waals surface area contributed by atoms with E-state index in [-0.39, 0.29) is 12.1 Å². The Morgan fingerprint density at radius 2 is 2.29 bits per heavy atom. The highest BCUT2D eigenvalue weighted by Crippen LogP contribution is 2.48. The zero-order valence-corrected chi connectivity index (χ0v) is 10.2. The van der Waals surface area contributed by atoms with Crippen molar-refractivity contribution in [1.82, 2.24) is 10.1 Å². The van der Waals surface area contributed by atoms with Crippen molar-refractivity contribution < 1.29 is 18.8 Å². The summed E-state index contributed by atoms with van der Waals surface area (Å²) in [5, 5.41) is 3.82. The lowest BCUT2D eigenvalue weighted by atomic mass is 10.1. The lowest BCUT2D eigenvalue weighted by molar-refractivity contribution is -0.146. The summed E-state index contributed by atoms with van der Waals surface area (Å²) in [7, 11) is 1.57. The number of ether oxygens (including phenoxy) is 2. The summed E-state index contributed by atoms with van der Waals surface area (Å²) in [6.07, 6.45) is 1.16. The normalized spacial score (nSPS) is 18.8. The van der Waals surface area contributed by atoms with E-state index >= 15 is 0 Å². The molecule has 0 N–H and O–H groups in total. The number of esters is 1. The molecule has 17 heavy (non-hydrogen) atoms. The van der Waals surface area contributed by atoms with E-state index in [0.717, 1.165) is 0 Å². The molecule has 1 unspecified atom stereocenters. The molecule has 0 saturated heterocycles. The summed E-state index contributed by atoms with van der Waals surface area (Å²) in [5.74, 6) is 0.521. The Hall–Kier alpha value is -1.43. The highest BCUT2D eigenvalue weighted by molar-refractivity contribution is 5.85. The number of hydrogen-bond acceptors (Lipinski definition) is 6. The second-order valence-corrected chi connectivity index (χ2v) is 4.14. The summed E-state index contributed by atoms with van der Waals surface area (Å²) in [6.45, 7) is 3.95. The van der Waals surface area contributed by atoms with Crippen LogP contribution in [0.1, 0.15) is 44.5 Å². The van der Waals surface area contributed by atoms with Gasteiger partial charge in [-0.25, -0.2) is 0 Å². The van der Waals surface area contributed by atoms with Gasteiger partial charge in [-0.05, 0) is 26.7 Å². The van der Waals surface area contributed by atoms with Crippen LogP contribution in [-0.4, -0.2) is 29.8 Å². The topological polar surface area (TPSA) is 74.5 Å². The van der Waals surface area contributed by atoms with Gasteiger partial charge in [0.25, 0.3) is 0 Å². The van der Waals surface area contributed by atoms with E-state index in [1.165, 1.54) is 0 Å². The van der Waals surface area contributed by atoms with Gasteiger partial charge in [0, 0.05) is 7.11 Å². The number of aromatic nitrogens is 2. The third-order valence-electron chi connectivity index (χ3n) is 2.98. The van der Waals surface area contributed by atoms with Crippen LogP contribution < -0.4 is 0 Å². The van der Waals surface area contributed by atoms with E-state index in [1.807, 2.05) is 6.92 Å². The zero-order chi connectivity index (χ0) is 12.5. The van der Waals surface area contributed by atoms with Crippen LogP contribution in [0.15, 0.2) is 4.52 Å². The Bertz CT molecular complexity index is 411. The maximum Gasteiger partial charge on any atom is 0.321 e. The lowest BCUT2D eigenvalue weighted by Crippen LogP contribution is -2.23. The Kier molecular flexibility index (Phi) is 3.15. The van der Waals surface area contributed by atoms with Crippen LogP contribution in [0.4, 0.5) is 0 Å². The summed E-state index contributed by atoms with van der Waals surface area (Å²) in [4.78, 5) is 16.0. The summed E-state index contributed by atoms with van der Waals surface area (Å²) < 4.78 is 15.3. The van der Waals surface area contributed by atoms with Crippen LogP contribution in [0.5, 0.6) is 0 Å². The standard InChI is InChI=1S/C11H16N2O4/c1-4-16-10(14)11(5-6-11)9-12-8(13-17-9)7(2)15-3/h7H,4-6H2,1-3H3. The molecule has 1 saturated carbocycles. The molecule has 6 nitrogen and oxygen atoms in total. The molecule has 0 amide bonds. The van der Waals surface area contributed by atoms with Gasteiger partial charge in [-0.15, -0.1) is 0 Å². The summed E-state index contributed by atoms with van der Waals surface area (Å²) in [5.41, 5.74) is -0.700. The number of methoxy groups -OCH3 is 1. The molecule has 1 aliphatic rings. The Morgan fingerprint density at radius 1 is 1.59 bits per heavy atom. The van der Waals surface area contributed by atoms with E-state index in [4.69, 9.17) is 14.0 Å². The molecular formula is C11H16N2O4. The third-order valence-corrected chi connectivity index (χ3v) is 2.98. The molecule has 94 valence electrons. The Labute approximate surface area is 99.3 Å². The highest BCUT2D eigenvalue weighted by Gasteiger charge is 2.57. The molecule has 1 aromatic rings. The van der Waals surface area contributed by atoms with E-state index in [0.29, 0.717) is 31.2 Å². The SMILES string of the molecule is CCOC(=O)C1(c2nc(C(C)OC)no2)CC1. The number of rotatable bonds is 5. The lowest BCUT2D eigenvalue weighted by Gasteiger charge is -2.08. The molecule has 0 aromatic carbocycles. The van der Waals surface area contributed by atoms with Crippen LogP contribution in [0.25, 0.3) is 0 Å². The van der Waals surface area contributed by atoms with Crippen LogP contribution in [0.3, 0.4) is 0 Å². The molecular weight excluding hydrogens is 224 g/mol. The molecule has 0 bridgehead atoms. The first-order chi connectivity index (χ1) is 8.14. The average molecular weight is 240 g/mol. The van der Waals surface area contributed by atoms with E-state index in [1.54, 1.807) is 14.0 Å². The number of carbonyl (C=O) groups excluding carboxylic acids is 1. The molecule has 1 atom stereocenters. The van der Waals surface area contributed by atoms with Crippen molar-refractivity contribution in [3.8, 4) is 0 Å². The molecule has 6 heteroatoms. The van der Waals surface area contributed by atoms with Crippen molar-refractivity contribution in [1.29, 1.82) is 0 Å². The van der Waals surface area contributed by atoms with Gasteiger partial charge < -0.3 is 14.0 Å². The first-order valence-corrected chi connectivity index (χ1v) is 5.68. The van der Waals surface area contributed by atoms with Gasteiger partial charge in [0.2, 0.25) is 5.89 Å². The molecule has 0 spiro atoms. The van der Waals surface area contributed by atoms with Crippen molar-refractivity contribution in [2.24, 2.45) is 0 Å². The molecule has 2 rings (SSSR count). The second-order valence-electron chi connectivity index (χ2n) is 4.14. The number of hydrogen-bond donors (Lipinski definition) is 0.